The van der Waals surface area contributed by atoms with Crippen molar-refractivity contribution in [3.8, 4) is 0 Å². The molecule has 0 aliphatic heterocycles. The van der Waals surface area contributed by atoms with Crippen molar-refractivity contribution in [1.82, 2.24) is 0 Å². The molecule has 0 aromatic heterocycles. The van der Waals surface area contributed by atoms with E-state index in [9.17, 15) is 0 Å². The minimum atomic E-state index is 0.700. The van der Waals surface area contributed by atoms with Crippen LogP contribution in [0.3, 0.4) is 0 Å². The van der Waals surface area contributed by atoms with Crippen LogP contribution >= 0.6 is 0 Å². The quantitative estimate of drug-likeness (QED) is 0.412. The van der Waals surface area contributed by atoms with Crippen LogP contribution in [0.2, 0.25) is 0 Å². The van der Waals surface area contributed by atoms with Crippen LogP contribution < -0.4 is 5.84 Å². The lowest BCUT2D eigenvalue weighted by molar-refractivity contribution is 1.25. The molecule has 0 aliphatic rings. The van der Waals surface area contributed by atoms with Crippen LogP contribution in [-0.2, 0) is 0 Å². The molecule has 0 saturated heterocycles. The number of aryl methyl sites for hydroxylation is 1. The Bertz CT molecular complexity index is 340. The lowest BCUT2D eigenvalue weighted by atomic mass is 10.1. The van der Waals surface area contributed by atoms with Gasteiger partial charge in [0.1, 0.15) is 5.71 Å². The van der Waals surface area contributed by atoms with Gasteiger partial charge in [0, 0.05) is 18.8 Å². The van der Waals surface area contributed by atoms with Crippen molar-refractivity contribution in [1.29, 1.82) is 0 Å². The zero-order valence-corrected chi connectivity index (χ0v) is 7.86. The van der Waals surface area contributed by atoms with E-state index in [0.717, 1.165) is 5.56 Å². The van der Waals surface area contributed by atoms with Gasteiger partial charge in [0.2, 0.25) is 0 Å². The van der Waals surface area contributed by atoms with Gasteiger partial charge in [0.05, 0.1) is 0 Å². The molecule has 2 N–H and O–H groups in total. The number of nitrogens with two attached hydrogens (primary N) is 1. The van der Waals surface area contributed by atoms with E-state index in [-0.39, 0.29) is 0 Å². The fraction of sp³-hybridized carbons (Fsp3) is 0.200. The van der Waals surface area contributed by atoms with Gasteiger partial charge >= 0.3 is 0 Å². The summed E-state index contributed by atoms with van der Waals surface area (Å²) in [6, 6.07) is 7.98. The van der Waals surface area contributed by atoms with Crippen molar-refractivity contribution in [2.45, 2.75) is 6.92 Å². The molecule has 3 heteroatoms. The molecule has 3 nitrogen and oxygen atoms in total. The van der Waals surface area contributed by atoms with E-state index in [4.69, 9.17) is 5.84 Å². The molecule has 0 aliphatic carbocycles. The fourth-order valence-electron chi connectivity index (χ4n) is 1.11. The number of hydrazone groups is 1. The Morgan fingerprint density at radius 3 is 2.77 bits per heavy atom. The minimum absolute atomic E-state index is 0.700. The first-order valence-corrected chi connectivity index (χ1v) is 4.05. The largest absolute Gasteiger partial charge is 0.323 e. The number of rotatable bonds is 2. The van der Waals surface area contributed by atoms with Crippen LogP contribution in [0.1, 0.15) is 11.1 Å². The second kappa shape index (κ2) is 4.40. The topological polar surface area (TPSA) is 50.7 Å². The molecule has 0 unspecified atom stereocenters. The van der Waals surface area contributed by atoms with E-state index >= 15 is 0 Å². The van der Waals surface area contributed by atoms with Crippen LogP contribution in [0.5, 0.6) is 0 Å². The van der Waals surface area contributed by atoms with Crippen LogP contribution in [0.15, 0.2) is 34.4 Å². The number of benzene rings is 1. The normalized spacial score (nSPS) is 12.3. The molecule has 68 valence electrons. The second-order valence-electron chi connectivity index (χ2n) is 2.77. The first kappa shape index (κ1) is 9.45. The summed E-state index contributed by atoms with van der Waals surface area (Å²) in [6.45, 7) is 2.03. The molecule has 0 heterocycles. The lowest BCUT2D eigenvalue weighted by Gasteiger charge is -1.99. The zero-order valence-electron chi connectivity index (χ0n) is 7.86. The molecule has 0 spiro atoms. The van der Waals surface area contributed by atoms with Gasteiger partial charge in [-0.1, -0.05) is 23.8 Å². The monoisotopic (exact) mass is 175 g/mol. The molecular weight excluding hydrogens is 162 g/mol. The zero-order chi connectivity index (χ0) is 9.68. The highest BCUT2D eigenvalue weighted by molar-refractivity contribution is 6.38. The Kier molecular flexibility index (Phi) is 3.20. The molecular formula is C10H13N3. The SMILES string of the molecule is CN=C/C(=N\N)c1cccc(C)c1. The van der Waals surface area contributed by atoms with Crippen molar-refractivity contribution < 1.29 is 0 Å². The summed E-state index contributed by atoms with van der Waals surface area (Å²) < 4.78 is 0. The van der Waals surface area contributed by atoms with E-state index in [0.29, 0.717) is 5.71 Å². The molecule has 0 fully saturated rings. The summed E-state index contributed by atoms with van der Waals surface area (Å²) in [5.74, 6) is 5.24. The molecule has 0 atom stereocenters. The van der Waals surface area contributed by atoms with Crippen LogP contribution in [-0.4, -0.2) is 19.0 Å². The minimum Gasteiger partial charge on any atom is -0.323 e. The summed E-state index contributed by atoms with van der Waals surface area (Å²) in [4.78, 5) is 3.88. The number of aliphatic imine (C=N–C) groups is 1. The van der Waals surface area contributed by atoms with Crippen LogP contribution in [0, 0.1) is 6.92 Å². The van der Waals surface area contributed by atoms with Gasteiger partial charge in [-0.3, -0.25) is 4.99 Å². The van der Waals surface area contributed by atoms with Crippen molar-refractivity contribution >= 4 is 11.9 Å². The van der Waals surface area contributed by atoms with E-state index in [1.54, 1.807) is 13.3 Å². The fourth-order valence-corrected chi connectivity index (χ4v) is 1.11. The van der Waals surface area contributed by atoms with Gasteiger partial charge < -0.3 is 5.84 Å². The highest BCUT2D eigenvalue weighted by Crippen LogP contribution is 2.04. The number of hydrogen-bond donors (Lipinski definition) is 1. The summed E-state index contributed by atoms with van der Waals surface area (Å²) >= 11 is 0. The third-order valence-corrected chi connectivity index (χ3v) is 1.70. The molecule has 1 rings (SSSR count). The smallest absolute Gasteiger partial charge is 0.108 e. The highest BCUT2D eigenvalue weighted by atomic mass is 15.1. The van der Waals surface area contributed by atoms with Crippen LogP contribution in [0.25, 0.3) is 0 Å². The van der Waals surface area contributed by atoms with E-state index in [2.05, 4.69) is 10.1 Å². The third kappa shape index (κ3) is 2.40. The molecule has 0 amide bonds. The van der Waals surface area contributed by atoms with Gasteiger partial charge in [-0.05, 0) is 13.0 Å². The second-order valence-corrected chi connectivity index (χ2v) is 2.77. The van der Waals surface area contributed by atoms with Gasteiger partial charge in [-0.2, -0.15) is 5.10 Å². The maximum atomic E-state index is 5.24. The first-order valence-electron chi connectivity index (χ1n) is 4.05. The summed E-state index contributed by atoms with van der Waals surface area (Å²) in [6.07, 6.45) is 1.65. The molecule has 1 aromatic rings. The number of hydrogen-bond acceptors (Lipinski definition) is 3. The molecule has 0 saturated carbocycles. The molecule has 13 heavy (non-hydrogen) atoms. The standard InChI is InChI=1S/C10H13N3/c1-8-4-3-5-9(6-8)10(13-11)7-12-2/h3-7H,11H2,1-2H3/b12-7?,13-10+. The summed E-state index contributed by atoms with van der Waals surface area (Å²) in [5, 5.41) is 3.66. The Balaban J connectivity index is 3.06. The summed E-state index contributed by atoms with van der Waals surface area (Å²) in [5.41, 5.74) is 2.88. The molecule has 1 aromatic carbocycles. The maximum absolute atomic E-state index is 5.24. The lowest BCUT2D eigenvalue weighted by Crippen LogP contribution is -2.05. The average molecular weight is 175 g/mol. The van der Waals surface area contributed by atoms with Crippen molar-refractivity contribution in [2.24, 2.45) is 15.9 Å². The molecule has 0 radical (unpaired) electrons. The van der Waals surface area contributed by atoms with Gasteiger partial charge in [0.15, 0.2) is 0 Å². The number of nitrogens with zero attached hydrogens (tertiary/aromatic N) is 2. The van der Waals surface area contributed by atoms with Gasteiger partial charge in [-0.25, -0.2) is 0 Å². The van der Waals surface area contributed by atoms with E-state index < -0.39 is 0 Å². The van der Waals surface area contributed by atoms with Crippen molar-refractivity contribution in [2.75, 3.05) is 7.05 Å². The van der Waals surface area contributed by atoms with Crippen molar-refractivity contribution in [3.63, 3.8) is 0 Å². The molecule has 0 bridgehead atoms. The van der Waals surface area contributed by atoms with Crippen molar-refractivity contribution in [3.05, 3.63) is 35.4 Å². The Labute approximate surface area is 78.0 Å². The predicted molar refractivity (Wildman–Crippen MR) is 56.3 cm³/mol. The summed E-state index contributed by atoms with van der Waals surface area (Å²) in [7, 11) is 1.70. The third-order valence-electron chi connectivity index (χ3n) is 1.70. The van der Waals surface area contributed by atoms with Gasteiger partial charge in [0.25, 0.3) is 0 Å². The highest BCUT2D eigenvalue weighted by Gasteiger charge is 1.98. The van der Waals surface area contributed by atoms with E-state index in [1.807, 2.05) is 31.2 Å². The van der Waals surface area contributed by atoms with E-state index in [1.165, 1.54) is 5.56 Å². The van der Waals surface area contributed by atoms with Gasteiger partial charge in [-0.15, -0.1) is 0 Å². The Morgan fingerprint density at radius 1 is 1.46 bits per heavy atom. The van der Waals surface area contributed by atoms with Crippen LogP contribution in [0.4, 0.5) is 0 Å². The maximum Gasteiger partial charge on any atom is 0.108 e. The predicted octanol–water partition coefficient (Wildman–Crippen LogP) is 1.36. The first-order chi connectivity index (χ1) is 6.27. The Hall–Kier alpha value is -1.64. The average Bonchev–Trinajstić information content (AvgIpc) is 2.14. The Morgan fingerprint density at radius 2 is 2.23 bits per heavy atom.